The van der Waals surface area contributed by atoms with Crippen molar-refractivity contribution in [3.63, 3.8) is 0 Å². The number of alkyl halides is 3. The molecule has 3 fully saturated rings. The molecule has 4 aliphatic carbocycles. The lowest BCUT2D eigenvalue weighted by molar-refractivity contribution is -0.0524. The van der Waals surface area contributed by atoms with Crippen molar-refractivity contribution in [3.8, 4) is 0 Å². The normalized spacial score (nSPS) is 43.2. The van der Waals surface area contributed by atoms with Crippen molar-refractivity contribution in [3.05, 3.63) is 23.0 Å². The lowest BCUT2D eigenvalue weighted by Crippen LogP contribution is -2.49. The van der Waals surface area contributed by atoms with E-state index in [2.05, 4.69) is 31.0 Å². The highest BCUT2D eigenvalue weighted by molar-refractivity contribution is 7.87. The van der Waals surface area contributed by atoms with Crippen molar-refractivity contribution >= 4 is 10.1 Å². The van der Waals surface area contributed by atoms with Gasteiger partial charge in [0, 0.05) is 0 Å². The van der Waals surface area contributed by atoms with Crippen molar-refractivity contribution in [2.45, 2.75) is 84.6 Å². The molecule has 0 bridgehead atoms. The summed E-state index contributed by atoms with van der Waals surface area (Å²) in [5, 5.41) is 0. The van der Waals surface area contributed by atoms with Crippen LogP contribution in [-0.4, -0.2) is 13.9 Å². The van der Waals surface area contributed by atoms with Crippen LogP contribution in [0.3, 0.4) is 0 Å². The molecule has 0 spiro atoms. The Morgan fingerprint density at radius 1 is 1.10 bits per heavy atom. The number of fused-ring (bicyclic) bond motifs is 5. The summed E-state index contributed by atoms with van der Waals surface area (Å²) in [6, 6.07) is 0. The third kappa shape index (κ3) is 3.25. The number of halogens is 3. The van der Waals surface area contributed by atoms with Gasteiger partial charge in [-0.05, 0) is 98.4 Å². The minimum Gasteiger partial charge on any atom is -0.381 e. The summed E-state index contributed by atoms with van der Waals surface area (Å²) in [4.78, 5) is 0. The van der Waals surface area contributed by atoms with E-state index < -0.39 is 15.6 Å². The molecule has 0 N–H and O–H groups in total. The molecule has 0 aliphatic heterocycles. The summed E-state index contributed by atoms with van der Waals surface area (Å²) >= 11 is 0. The van der Waals surface area contributed by atoms with Gasteiger partial charge in [-0.1, -0.05) is 32.4 Å². The van der Waals surface area contributed by atoms with Crippen molar-refractivity contribution in [2.24, 2.45) is 34.5 Å². The third-order valence-corrected chi connectivity index (χ3v) is 10.1. The predicted octanol–water partition coefficient (Wildman–Crippen LogP) is 6.73. The van der Waals surface area contributed by atoms with Crippen LogP contribution in [0.15, 0.2) is 23.0 Å². The van der Waals surface area contributed by atoms with Crippen molar-refractivity contribution in [1.82, 2.24) is 0 Å². The molecule has 7 heteroatoms. The van der Waals surface area contributed by atoms with E-state index in [4.69, 9.17) is 0 Å². The van der Waals surface area contributed by atoms with Crippen LogP contribution in [0.2, 0.25) is 0 Å². The van der Waals surface area contributed by atoms with Gasteiger partial charge in [0.2, 0.25) is 0 Å². The first kappa shape index (κ1) is 22.2. The van der Waals surface area contributed by atoms with Crippen molar-refractivity contribution < 1.29 is 25.8 Å². The zero-order valence-electron chi connectivity index (χ0n) is 18.3. The summed E-state index contributed by atoms with van der Waals surface area (Å²) < 4.78 is 66.1. The lowest BCUT2D eigenvalue weighted by Gasteiger charge is -2.57. The van der Waals surface area contributed by atoms with E-state index >= 15 is 0 Å². The summed E-state index contributed by atoms with van der Waals surface area (Å²) in [7, 11) is -5.62. The molecule has 30 heavy (non-hydrogen) atoms. The summed E-state index contributed by atoms with van der Waals surface area (Å²) in [5.74, 6) is 2.16. The molecule has 0 aromatic rings. The van der Waals surface area contributed by atoms with E-state index in [0.717, 1.165) is 37.2 Å². The molecule has 4 rings (SSSR count). The molecule has 3 saturated carbocycles. The van der Waals surface area contributed by atoms with Crippen LogP contribution in [0.1, 0.15) is 79.1 Å². The third-order valence-electron chi connectivity index (χ3n) is 9.08. The van der Waals surface area contributed by atoms with Gasteiger partial charge in [0.25, 0.3) is 0 Å². The fraction of sp³-hybridized carbons (Fsp3) is 0.826. The number of allylic oxidation sites excluding steroid dienone is 4. The number of rotatable bonds is 2. The minimum atomic E-state index is -5.62. The molecule has 0 aromatic heterocycles. The SMILES string of the molecule is C/C(OS(=O)(=O)C(F)(F)F)=C1/CCC2C3CC=C4C[C@@H](C)CC[C@]4(C)C3CC[C@]12C. The van der Waals surface area contributed by atoms with E-state index in [0.29, 0.717) is 24.2 Å². The van der Waals surface area contributed by atoms with Gasteiger partial charge >= 0.3 is 15.6 Å². The van der Waals surface area contributed by atoms with Gasteiger partial charge < -0.3 is 4.18 Å². The molecule has 0 heterocycles. The Labute approximate surface area is 178 Å². The van der Waals surface area contributed by atoms with E-state index in [9.17, 15) is 21.6 Å². The predicted molar refractivity (Wildman–Crippen MR) is 110 cm³/mol. The maximum Gasteiger partial charge on any atom is 0.534 e. The van der Waals surface area contributed by atoms with Gasteiger partial charge in [-0.3, -0.25) is 0 Å². The van der Waals surface area contributed by atoms with E-state index in [1.54, 1.807) is 5.57 Å². The first-order valence-corrected chi connectivity index (χ1v) is 12.6. The number of hydrogen-bond donors (Lipinski definition) is 0. The average Bonchev–Trinajstić information content (AvgIpc) is 2.98. The zero-order chi connectivity index (χ0) is 22.1. The topological polar surface area (TPSA) is 43.4 Å². The van der Waals surface area contributed by atoms with Gasteiger partial charge in [-0.15, -0.1) is 0 Å². The van der Waals surface area contributed by atoms with Crippen molar-refractivity contribution in [2.75, 3.05) is 0 Å². The smallest absolute Gasteiger partial charge is 0.381 e. The van der Waals surface area contributed by atoms with Gasteiger partial charge in [-0.25, -0.2) is 0 Å². The Hall–Kier alpha value is -0.980. The monoisotopic (exact) mass is 446 g/mol. The van der Waals surface area contributed by atoms with Gasteiger partial charge in [0.05, 0.1) is 0 Å². The Bertz CT molecular complexity index is 888. The first-order chi connectivity index (χ1) is 13.8. The summed E-state index contributed by atoms with van der Waals surface area (Å²) in [6.07, 6.45) is 10.6. The van der Waals surface area contributed by atoms with Crippen LogP contribution in [-0.2, 0) is 14.3 Å². The average molecular weight is 447 g/mol. The molecule has 0 amide bonds. The molecular formula is C23H33F3O3S. The van der Waals surface area contributed by atoms with Crippen LogP contribution in [0.4, 0.5) is 13.2 Å². The first-order valence-electron chi connectivity index (χ1n) is 11.2. The standard InChI is InChI=1S/C23H33F3O3S/c1-14-9-11-21(3)16(13-14)5-6-17-19-8-7-18(22(19,4)12-10-20(17)21)15(2)29-30(27,28)23(24,25)26/h5,14,17,19-20H,6-13H2,1-4H3/b18-15+/t14-,17?,19?,20?,21-,22+/m0/s1. The van der Waals surface area contributed by atoms with Gasteiger partial charge in [0.1, 0.15) is 5.76 Å². The van der Waals surface area contributed by atoms with Crippen LogP contribution < -0.4 is 0 Å². The highest BCUT2D eigenvalue weighted by atomic mass is 32.2. The maximum atomic E-state index is 12.8. The van der Waals surface area contributed by atoms with E-state index in [1.807, 2.05) is 0 Å². The Morgan fingerprint density at radius 2 is 1.73 bits per heavy atom. The summed E-state index contributed by atoms with van der Waals surface area (Å²) in [6.45, 7) is 8.27. The highest BCUT2D eigenvalue weighted by Crippen LogP contribution is 2.66. The quantitative estimate of drug-likeness (QED) is 0.205. The van der Waals surface area contributed by atoms with Crippen molar-refractivity contribution in [1.29, 1.82) is 0 Å². The fourth-order valence-corrected chi connectivity index (χ4v) is 8.02. The second-order valence-electron chi connectivity index (χ2n) is 10.6. The van der Waals surface area contributed by atoms with Crippen LogP contribution >= 0.6 is 0 Å². The molecule has 170 valence electrons. The van der Waals surface area contributed by atoms with E-state index in [1.165, 1.54) is 26.2 Å². The molecular weight excluding hydrogens is 413 g/mol. The zero-order valence-corrected chi connectivity index (χ0v) is 19.1. The molecule has 3 unspecified atom stereocenters. The van der Waals surface area contributed by atoms with Crippen LogP contribution in [0.25, 0.3) is 0 Å². The molecule has 0 radical (unpaired) electrons. The largest absolute Gasteiger partial charge is 0.534 e. The van der Waals surface area contributed by atoms with Gasteiger partial charge in [-0.2, -0.15) is 21.6 Å². The maximum absolute atomic E-state index is 12.8. The fourth-order valence-electron chi connectivity index (χ4n) is 7.50. The second kappa shape index (κ2) is 7.01. The Kier molecular flexibility index (Phi) is 5.19. The lowest BCUT2D eigenvalue weighted by atomic mass is 9.47. The Balaban J connectivity index is 1.63. The van der Waals surface area contributed by atoms with E-state index in [-0.39, 0.29) is 16.6 Å². The molecule has 6 atom stereocenters. The van der Waals surface area contributed by atoms with Crippen LogP contribution in [0.5, 0.6) is 0 Å². The van der Waals surface area contributed by atoms with Gasteiger partial charge in [0.15, 0.2) is 0 Å². The molecule has 4 aliphatic rings. The molecule has 3 nitrogen and oxygen atoms in total. The molecule has 0 saturated heterocycles. The number of hydrogen-bond acceptors (Lipinski definition) is 3. The minimum absolute atomic E-state index is 0.0690. The highest BCUT2D eigenvalue weighted by Gasteiger charge is 2.58. The molecule has 0 aromatic carbocycles. The second-order valence-corrected chi connectivity index (χ2v) is 12.2. The Morgan fingerprint density at radius 3 is 2.40 bits per heavy atom. The summed E-state index contributed by atoms with van der Waals surface area (Å²) in [5.41, 5.74) is -3.04. The van der Waals surface area contributed by atoms with Crippen LogP contribution in [0, 0.1) is 34.5 Å².